The Morgan fingerprint density at radius 2 is 2.13 bits per heavy atom. The third-order valence-corrected chi connectivity index (χ3v) is 3.64. The first kappa shape index (κ1) is 15.2. The summed E-state index contributed by atoms with van der Waals surface area (Å²) in [6.45, 7) is 0.421. The van der Waals surface area contributed by atoms with Crippen molar-refractivity contribution in [2.45, 2.75) is 6.54 Å². The normalized spacial score (nSPS) is 10.5. The number of halogens is 1. The quantitative estimate of drug-likeness (QED) is 0.801. The molecule has 1 N–H and O–H groups in total. The van der Waals surface area contributed by atoms with Crippen molar-refractivity contribution in [2.24, 2.45) is 7.05 Å². The fourth-order valence-corrected chi connectivity index (χ4v) is 2.43. The molecule has 0 fully saturated rings. The number of benzene rings is 1. The molecule has 2 aromatic heterocycles. The molecule has 0 aliphatic heterocycles. The number of hydrogen-bond acceptors (Lipinski definition) is 3. The van der Waals surface area contributed by atoms with Crippen LogP contribution in [0.2, 0.25) is 5.02 Å². The minimum absolute atomic E-state index is 0.183. The van der Waals surface area contributed by atoms with Crippen LogP contribution in [0.5, 0.6) is 0 Å². The molecule has 0 spiro atoms. The van der Waals surface area contributed by atoms with Gasteiger partial charge in [0.15, 0.2) is 0 Å². The van der Waals surface area contributed by atoms with Crippen LogP contribution >= 0.6 is 11.6 Å². The Hall–Kier alpha value is -2.66. The van der Waals surface area contributed by atoms with Gasteiger partial charge in [-0.25, -0.2) is 0 Å². The van der Waals surface area contributed by atoms with Crippen molar-refractivity contribution >= 4 is 17.5 Å². The van der Waals surface area contributed by atoms with E-state index in [9.17, 15) is 4.79 Å². The minimum atomic E-state index is -0.183. The third-order valence-electron chi connectivity index (χ3n) is 3.41. The smallest absolute Gasteiger partial charge is 0.269 e. The van der Waals surface area contributed by atoms with Gasteiger partial charge in [0.05, 0.1) is 5.69 Å². The van der Waals surface area contributed by atoms with E-state index in [0.717, 1.165) is 11.1 Å². The second kappa shape index (κ2) is 6.62. The maximum absolute atomic E-state index is 12.3. The summed E-state index contributed by atoms with van der Waals surface area (Å²) in [5, 5.41) is 7.88. The van der Waals surface area contributed by atoms with Gasteiger partial charge in [-0.2, -0.15) is 5.10 Å². The van der Waals surface area contributed by atoms with Gasteiger partial charge in [0.25, 0.3) is 5.91 Å². The molecular formula is C17H15ClN4O. The molecular weight excluding hydrogens is 312 g/mol. The standard InChI is InChI=1S/C17H15ClN4O/c1-22-16(17(23)20-11-12-4-3-7-19-10-12)9-15(21-22)13-5-2-6-14(18)8-13/h2-10H,11H2,1H3,(H,20,23). The van der Waals surface area contributed by atoms with Crippen LogP contribution in [0.1, 0.15) is 16.1 Å². The second-order valence-electron chi connectivity index (χ2n) is 5.09. The summed E-state index contributed by atoms with van der Waals surface area (Å²) in [7, 11) is 1.74. The van der Waals surface area contributed by atoms with Gasteiger partial charge in [0.2, 0.25) is 0 Å². The molecule has 3 rings (SSSR count). The van der Waals surface area contributed by atoms with Crippen LogP contribution in [-0.2, 0) is 13.6 Å². The van der Waals surface area contributed by atoms with E-state index in [1.54, 1.807) is 36.3 Å². The number of aryl methyl sites for hydroxylation is 1. The van der Waals surface area contributed by atoms with Crippen LogP contribution in [0.25, 0.3) is 11.3 Å². The Morgan fingerprint density at radius 3 is 2.87 bits per heavy atom. The zero-order valence-corrected chi connectivity index (χ0v) is 13.3. The fraction of sp³-hybridized carbons (Fsp3) is 0.118. The first-order valence-electron chi connectivity index (χ1n) is 7.10. The van der Waals surface area contributed by atoms with Gasteiger partial charge in [-0.1, -0.05) is 29.8 Å². The number of aromatic nitrogens is 3. The van der Waals surface area contributed by atoms with Gasteiger partial charge in [0.1, 0.15) is 5.69 Å². The maximum Gasteiger partial charge on any atom is 0.269 e. The lowest BCUT2D eigenvalue weighted by atomic mass is 10.1. The van der Waals surface area contributed by atoms with Crippen molar-refractivity contribution in [3.63, 3.8) is 0 Å². The summed E-state index contributed by atoms with van der Waals surface area (Å²) >= 11 is 6.00. The highest BCUT2D eigenvalue weighted by Crippen LogP contribution is 2.22. The molecule has 116 valence electrons. The van der Waals surface area contributed by atoms with Crippen LogP contribution in [0.3, 0.4) is 0 Å². The molecule has 5 nitrogen and oxygen atoms in total. The van der Waals surface area contributed by atoms with Crippen LogP contribution < -0.4 is 5.32 Å². The summed E-state index contributed by atoms with van der Waals surface area (Å²) in [5.74, 6) is -0.183. The molecule has 1 amide bonds. The van der Waals surface area contributed by atoms with Gasteiger partial charge in [-0.15, -0.1) is 0 Å². The van der Waals surface area contributed by atoms with Crippen LogP contribution in [0, 0.1) is 0 Å². The SMILES string of the molecule is Cn1nc(-c2cccc(Cl)c2)cc1C(=O)NCc1cccnc1. The molecule has 0 radical (unpaired) electrons. The average Bonchev–Trinajstić information content (AvgIpc) is 2.96. The maximum atomic E-state index is 12.3. The number of nitrogens with one attached hydrogen (secondary N) is 1. The average molecular weight is 327 g/mol. The van der Waals surface area contributed by atoms with E-state index >= 15 is 0 Å². The van der Waals surface area contributed by atoms with E-state index in [-0.39, 0.29) is 5.91 Å². The summed E-state index contributed by atoms with van der Waals surface area (Å²) in [6.07, 6.45) is 3.42. The Balaban J connectivity index is 1.76. The lowest BCUT2D eigenvalue weighted by Crippen LogP contribution is -2.25. The van der Waals surface area contributed by atoms with Crippen LogP contribution in [0.15, 0.2) is 54.9 Å². The lowest BCUT2D eigenvalue weighted by Gasteiger charge is -2.04. The van der Waals surface area contributed by atoms with E-state index in [0.29, 0.717) is 23.0 Å². The number of carbonyl (C=O) groups excluding carboxylic acids is 1. The zero-order valence-electron chi connectivity index (χ0n) is 12.5. The highest BCUT2D eigenvalue weighted by molar-refractivity contribution is 6.30. The monoisotopic (exact) mass is 326 g/mol. The predicted octanol–water partition coefficient (Wildman–Crippen LogP) is 3.07. The van der Waals surface area contributed by atoms with Crippen molar-refractivity contribution in [1.29, 1.82) is 0 Å². The molecule has 0 saturated heterocycles. The molecule has 23 heavy (non-hydrogen) atoms. The van der Waals surface area contributed by atoms with Crippen molar-refractivity contribution in [1.82, 2.24) is 20.1 Å². The van der Waals surface area contributed by atoms with Crippen LogP contribution in [0.4, 0.5) is 0 Å². The van der Waals surface area contributed by atoms with Gasteiger partial charge in [-0.3, -0.25) is 14.5 Å². The summed E-state index contributed by atoms with van der Waals surface area (Å²) in [6, 6.07) is 12.9. The summed E-state index contributed by atoms with van der Waals surface area (Å²) in [4.78, 5) is 16.4. The van der Waals surface area contributed by atoms with Gasteiger partial charge in [0, 0.05) is 36.6 Å². The van der Waals surface area contributed by atoms with Crippen molar-refractivity contribution < 1.29 is 4.79 Å². The Labute approximate surface area is 138 Å². The van der Waals surface area contributed by atoms with Crippen LogP contribution in [-0.4, -0.2) is 20.7 Å². The fourth-order valence-electron chi connectivity index (χ4n) is 2.24. The largest absolute Gasteiger partial charge is 0.347 e. The molecule has 0 atom stereocenters. The zero-order chi connectivity index (χ0) is 16.2. The van der Waals surface area contributed by atoms with E-state index in [4.69, 9.17) is 11.6 Å². The molecule has 3 aromatic rings. The molecule has 6 heteroatoms. The number of nitrogens with zero attached hydrogens (tertiary/aromatic N) is 3. The van der Waals surface area contributed by atoms with Crippen molar-refractivity contribution in [2.75, 3.05) is 0 Å². The van der Waals surface area contributed by atoms with E-state index < -0.39 is 0 Å². The van der Waals surface area contributed by atoms with Gasteiger partial charge >= 0.3 is 0 Å². The number of pyridine rings is 1. The Kier molecular flexibility index (Phi) is 4.39. The van der Waals surface area contributed by atoms with E-state index in [1.165, 1.54) is 0 Å². The molecule has 2 heterocycles. The predicted molar refractivity (Wildman–Crippen MR) is 89.1 cm³/mol. The first-order chi connectivity index (χ1) is 11.1. The highest BCUT2D eigenvalue weighted by Gasteiger charge is 2.14. The van der Waals surface area contributed by atoms with Gasteiger partial charge in [-0.05, 0) is 29.8 Å². The van der Waals surface area contributed by atoms with E-state index in [2.05, 4.69) is 15.4 Å². The summed E-state index contributed by atoms with van der Waals surface area (Å²) in [5.41, 5.74) is 3.02. The molecule has 0 aliphatic carbocycles. The molecule has 0 aliphatic rings. The van der Waals surface area contributed by atoms with Gasteiger partial charge < -0.3 is 5.32 Å². The highest BCUT2D eigenvalue weighted by atomic mass is 35.5. The number of rotatable bonds is 4. The minimum Gasteiger partial charge on any atom is -0.347 e. The van der Waals surface area contributed by atoms with Crippen molar-refractivity contribution in [3.05, 3.63) is 71.1 Å². The molecule has 1 aromatic carbocycles. The first-order valence-corrected chi connectivity index (χ1v) is 7.48. The number of amides is 1. The van der Waals surface area contributed by atoms with E-state index in [1.807, 2.05) is 30.3 Å². The molecule has 0 saturated carbocycles. The Bertz CT molecular complexity index is 830. The number of carbonyl (C=O) groups is 1. The lowest BCUT2D eigenvalue weighted by molar-refractivity contribution is 0.0941. The number of hydrogen-bond donors (Lipinski definition) is 1. The topological polar surface area (TPSA) is 59.8 Å². The van der Waals surface area contributed by atoms with Crippen molar-refractivity contribution in [3.8, 4) is 11.3 Å². The third kappa shape index (κ3) is 3.57. The summed E-state index contributed by atoms with van der Waals surface area (Å²) < 4.78 is 1.56. The molecule has 0 bridgehead atoms. The Morgan fingerprint density at radius 1 is 1.26 bits per heavy atom. The second-order valence-corrected chi connectivity index (χ2v) is 5.53. The molecule has 0 unspecified atom stereocenters.